The number of nitrogens with two attached hydrogens (primary N) is 1. The van der Waals surface area contributed by atoms with Crippen LogP contribution in [-0.2, 0) is 4.79 Å². The Balaban J connectivity index is 1.40. The predicted octanol–water partition coefficient (Wildman–Crippen LogP) is 4.98. The summed E-state index contributed by atoms with van der Waals surface area (Å²) in [5.41, 5.74) is 3.37. The van der Waals surface area contributed by atoms with Crippen molar-refractivity contribution in [1.29, 1.82) is 0 Å². The number of halogens is 2. The number of carbonyl (C=O) groups excluding carboxylic acids is 1. The van der Waals surface area contributed by atoms with E-state index in [1.165, 1.54) is 23.5 Å². The van der Waals surface area contributed by atoms with Crippen molar-refractivity contribution < 1.29 is 9.18 Å². The van der Waals surface area contributed by atoms with Gasteiger partial charge in [-0.15, -0.1) is 0 Å². The third kappa shape index (κ3) is 4.05. The van der Waals surface area contributed by atoms with Gasteiger partial charge in [0, 0.05) is 36.4 Å². The first-order chi connectivity index (χ1) is 14.4. The number of aromatic nitrogens is 1. The molecule has 0 unspecified atom stereocenters. The van der Waals surface area contributed by atoms with Crippen molar-refractivity contribution in [3.05, 3.63) is 59.0 Å². The minimum atomic E-state index is -0.320. The minimum Gasteiger partial charge on any atom is -0.370 e. The predicted molar refractivity (Wildman–Crippen MR) is 123 cm³/mol. The van der Waals surface area contributed by atoms with Gasteiger partial charge in [0.1, 0.15) is 5.82 Å². The first kappa shape index (κ1) is 21.1. The smallest absolute Gasteiger partial charge is 0.235 e. The van der Waals surface area contributed by atoms with Gasteiger partial charge in [0.15, 0.2) is 5.13 Å². The molecule has 5 nitrogen and oxygen atoms in total. The monoisotopic (exact) mass is 462 g/mol. The number of nitrogens with zero attached hydrogens (tertiary/aromatic N) is 3. The van der Waals surface area contributed by atoms with Crippen molar-refractivity contribution in [2.45, 2.75) is 11.1 Å². The second kappa shape index (κ2) is 8.55. The molecule has 156 valence electrons. The molecule has 0 radical (unpaired) electrons. The number of rotatable bonds is 5. The summed E-state index contributed by atoms with van der Waals surface area (Å²) in [7, 11) is 1.76. The van der Waals surface area contributed by atoms with Gasteiger partial charge in [-0.1, -0.05) is 35.1 Å². The quantitative estimate of drug-likeness (QED) is 0.542. The molecule has 0 spiro atoms. The van der Waals surface area contributed by atoms with Crippen LogP contribution in [0.5, 0.6) is 0 Å². The molecule has 1 aliphatic rings. The Labute approximate surface area is 187 Å². The Hall–Kier alpha value is -2.13. The standard InChI is InChI=1S/C21H20ClFN4OS2/c1-12-20(30-24)29-21(25-12)26(2)19(28)14-10-27(11-14)16-6-3-13(4-7-16)17-9-15(23)5-8-18(17)22/h3-9,14H,10-11,24H2,1-2H3. The van der Waals surface area contributed by atoms with Crippen LogP contribution in [-0.4, -0.2) is 31.0 Å². The summed E-state index contributed by atoms with van der Waals surface area (Å²) >= 11 is 8.77. The third-order valence-electron chi connectivity index (χ3n) is 5.17. The van der Waals surface area contributed by atoms with Crippen LogP contribution in [0.1, 0.15) is 5.69 Å². The van der Waals surface area contributed by atoms with Crippen LogP contribution in [0.25, 0.3) is 11.1 Å². The lowest BCUT2D eigenvalue weighted by molar-refractivity contribution is -0.122. The van der Waals surface area contributed by atoms with Crippen molar-refractivity contribution in [3.63, 3.8) is 0 Å². The lowest BCUT2D eigenvalue weighted by Crippen LogP contribution is -2.54. The second-order valence-corrected chi connectivity index (χ2v) is 9.44. The van der Waals surface area contributed by atoms with Gasteiger partial charge >= 0.3 is 0 Å². The van der Waals surface area contributed by atoms with Gasteiger partial charge in [0.25, 0.3) is 0 Å². The molecule has 0 saturated carbocycles. The second-order valence-electron chi connectivity index (χ2n) is 7.16. The Morgan fingerprint density at radius 3 is 2.63 bits per heavy atom. The number of carbonyl (C=O) groups is 1. The van der Waals surface area contributed by atoms with Crippen LogP contribution < -0.4 is 14.9 Å². The Bertz CT molecular complexity index is 1080. The van der Waals surface area contributed by atoms with Gasteiger partial charge in [0.2, 0.25) is 5.91 Å². The van der Waals surface area contributed by atoms with E-state index in [9.17, 15) is 9.18 Å². The van der Waals surface area contributed by atoms with E-state index in [4.69, 9.17) is 16.7 Å². The van der Waals surface area contributed by atoms with E-state index < -0.39 is 0 Å². The first-order valence-corrected chi connectivity index (χ1v) is 11.4. The third-order valence-corrected chi connectivity index (χ3v) is 7.58. The van der Waals surface area contributed by atoms with E-state index >= 15 is 0 Å². The SMILES string of the molecule is Cc1nc(N(C)C(=O)C2CN(c3ccc(-c4cc(F)ccc4Cl)cc3)C2)sc1SN. The zero-order chi connectivity index (χ0) is 21.4. The fraction of sp³-hybridized carbons (Fsp3) is 0.238. The molecule has 0 bridgehead atoms. The fourth-order valence-corrected chi connectivity index (χ4v) is 5.03. The number of hydrogen-bond acceptors (Lipinski definition) is 6. The number of aryl methyl sites for hydroxylation is 1. The van der Waals surface area contributed by atoms with Crippen molar-refractivity contribution in [1.82, 2.24) is 4.98 Å². The Kier molecular flexibility index (Phi) is 6.02. The molecule has 4 rings (SSSR count). The normalized spacial score (nSPS) is 14.0. The van der Waals surface area contributed by atoms with Crippen LogP contribution in [0, 0.1) is 18.7 Å². The van der Waals surface area contributed by atoms with E-state index in [-0.39, 0.29) is 17.6 Å². The molecule has 2 aromatic carbocycles. The van der Waals surface area contributed by atoms with E-state index in [2.05, 4.69) is 9.88 Å². The Morgan fingerprint density at radius 1 is 1.30 bits per heavy atom. The first-order valence-electron chi connectivity index (χ1n) is 9.29. The average molecular weight is 463 g/mol. The van der Waals surface area contributed by atoms with Crippen molar-refractivity contribution in [3.8, 4) is 11.1 Å². The molecule has 2 N–H and O–H groups in total. The molecule has 1 saturated heterocycles. The highest BCUT2D eigenvalue weighted by atomic mass is 35.5. The summed E-state index contributed by atoms with van der Waals surface area (Å²) in [6.07, 6.45) is 0. The summed E-state index contributed by atoms with van der Waals surface area (Å²) in [6.45, 7) is 3.18. The number of thiazole rings is 1. The van der Waals surface area contributed by atoms with Crippen molar-refractivity contribution >= 4 is 51.6 Å². The maximum atomic E-state index is 13.5. The van der Waals surface area contributed by atoms with E-state index in [0.717, 1.165) is 33.1 Å². The summed E-state index contributed by atoms with van der Waals surface area (Å²) in [4.78, 5) is 21.0. The molecule has 2 heterocycles. The zero-order valence-corrected chi connectivity index (χ0v) is 18.8. The molecule has 1 fully saturated rings. The van der Waals surface area contributed by atoms with Gasteiger partial charge < -0.3 is 4.90 Å². The number of anilines is 2. The topological polar surface area (TPSA) is 62.5 Å². The van der Waals surface area contributed by atoms with Crippen LogP contribution >= 0.6 is 34.9 Å². The maximum absolute atomic E-state index is 13.5. The van der Waals surface area contributed by atoms with Crippen LogP contribution in [0.3, 0.4) is 0 Å². The highest BCUT2D eigenvalue weighted by Gasteiger charge is 2.35. The summed E-state index contributed by atoms with van der Waals surface area (Å²) in [5.74, 6) is -0.346. The molecule has 1 aromatic heterocycles. The van der Waals surface area contributed by atoms with Gasteiger partial charge in [-0.3, -0.25) is 14.8 Å². The summed E-state index contributed by atoms with van der Waals surface area (Å²) < 4.78 is 14.5. The summed E-state index contributed by atoms with van der Waals surface area (Å²) in [5, 5.41) is 6.81. The van der Waals surface area contributed by atoms with E-state index in [1.54, 1.807) is 18.0 Å². The van der Waals surface area contributed by atoms with Gasteiger partial charge in [-0.2, -0.15) is 0 Å². The molecule has 1 amide bonds. The largest absolute Gasteiger partial charge is 0.370 e. The van der Waals surface area contributed by atoms with Gasteiger partial charge in [0.05, 0.1) is 15.8 Å². The molecule has 30 heavy (non-hydrogen) atoms. The lowest BCUT2D eigenvalue weighted by Gasteiger charge is -2.41. The fourth-order valence-electron chi connectivity index (χ4n) is 3.41. The molecule has 9 heteroatoms. The molecule has 1 aliphatic heterocycles. The van der Waals surface area contributed by atoms with Gasteiger partial charge in [-0.05, 0) is 54.8 Å². The molecular weight excluding hydrogens is 443 g/mol. The highest BCUT2D eigenvalue weighted by Crippen LogP contribution is 2.34. The molecule has 3 aromatic rings. The Morgan fingerprint density at radius 2 is 2.00 bits per heavy atom. The lowest BCUT2D eigenvalue weighted by atomic mass is 9.97. The van der Waals surface area contributed by atoms with Crippen LogP contribution in [0.15, 0.2) is 46.7 Å². The molecule has 0 atom stereocenters. The zero-order valence-electron chi connectivity index (χ0n) is 16.4. The van der Waals surface area contributed by atoms with Crippen molar-refractivity contribution in [2.24, 2.45) is 11.1 Å². The number of hydrogen-bond donors (Lipinski definition) is 1. The minimum absolute atomic E-state index is 0.0525. The van der Waals surface area contributed by atoms with Gasteiger partial charge in [-0.25, -0.2) is 9.37 Å². The highest BCUT2D eigenvalue weighted by molar-refractivity contribution is 7.99. The van der Waals surface area contributed by atoms with E-state index in [1.807, 2.05) is 31.2 Å². The molecular formula is C21H20ClFN4OS2. The maximum Gasteiger partial charge on any atom is 0.235 e. The number of benzene rings is 2. The van der Waals surface area contributed by atoms with Crippen molar-refractivity contribution in [2.75, 3.05) is 29.9 Å². The summed E-state index contributed by atoms with van der Waals surface area (Å²) in [6, 6.07) is 12.1. The van der Waals surface area contributed by atoms with E-state index in [0.29, 0.717) is 28.8 Å². The number of amides is 1. The van der Waals surface area contributed by atoms with Crippen LogP contribution in [0.2, 0.25) is 5.02 Å². The molecule has 0 aliphatic carbocycles. The average Bonchev–Trinajstić information content (AvgIpc) is 3.09. The van der Waals surface area contributed by atoms with Crippen LogP contribution in [0.4, 0.5) is 15.2 Å².